The van der Waals surface area contributed by atoms with Gasteiger partial charge in [0.2, 0.25) is 0 Å². The van der Waals surface area contributed by atoms with E-state index in [1.807, 2.05) is 0 Å². The molecule has 1 aromatic carbocycles. The molecule has 0 spiro atoms. The smallest absolute Gasteiger partial charge is 0.0628 e. The summed E-state index contributed by atoms with van der Waals surface area (Å²) in [5.41, 5.74) is 11.1. The number of benzene rings is 1. The van der Waals surface area contributed by atoms with E-state index < -0.39 is 10.2 Å². The molecule has 2 nitrogen and oxygen atoms in total. The third-order valence-electron chi connectivity index (χ3n) is 1.11. The molecule has 3 heteroatoms. The van der Waals surface area contributed by atoms with Crippen LogP contribution in [0.5, 0.6) is 0 Å². The highest BCUT2D eigenvalue weighted by atomic mass is 32.2. The van der Waals surface area contributed by atoms with Crippen molar-refractivity contribution in [2.24, 2.45) is 0 Å². The fourth-order valence-corrected chi connectivity index (χ4v) is 1.01. The summed E-state index contributed by atoms with van der Waals surface area (Å²) in [6.45, 7) is 0. The summed E-state index contributed by atoms with van der Waals surface area (Å²) in [7, 11) is -1.39. The van der Waals surface area contributed by atoms with Crippen LogP contribution in [-0.4, -0.2) is 4.21 Å². The van der Waals surface area contributed by atoms with Crippen LogP contribution in [0.3, 0.4) is 0 Å². The fourth-order valence-electron chi connectivity index (χ4n) is 0.602. The van der Waals surface area contributed by atoms with E-state index in [4.69, 9.17) is 11.4 Å². The minimum atomic E-state index is -1.39. The Kier molecular flexibility index (Phi) is 1.81. The summed E-state index contributed by atoms with van der Waals surface area (Å²) in [5.74, 6) is 0. The maximum Gasteiger partial charge on any atom is 0.0628 e. The number of nitrogens with two attached hydrogens (primary N) is 1. The van der Waals surface area contributed by atoms with Gasteiger partial charge in [0.15, 0.2) is 0 Å². The van der Waals surface area contributed by atoms with Crippen molar-refractivity contribution < 1.29 is 4.21 Å². The molecule has 1 aromatic rings. The third-order valence-corrected chi connectivity index (χ3v) is 1.85. The molecule has 2 N–H and O–H groups in total. The van der Waals surface area contributed by atoms with Crippen LogP contribution < -0.4 is 5.73 Å². The fraction of sp³-hybridized carbons (Fsp3) is 0. The predicted octanol–water partition coefficient (Wildman–Crippen LogP) is 0.965. The average molecular weight is 153 g/mol. The molecule has 0 unspecified atom stereocenters. The third kappa shape index (κ3) is 1.41. The average Bonchev–Trinajstić information content (AvgIpc) is 1.88. The molecule has 0 atom stereocenters. The predicted molar refractivity (Wildman–Crippen MR) is 42.2 cm³/mol. The van der Waals surface area contributed by atoms with Crippen molar-refractivity contribution in [2.45, 2.75) is 4.90 Å². The minimum Gasteiger partial charge on any atom is -0.399 e. The van der Waals surface area contributed by atoms with Gasteiger partial charge in [0.1, 0.15) is 0 Å². The van der Waals surface area contributed by atoms with E-state index in [2.05, 4.69) is 0 Å². The van der Waals surface area contributed by atoms with E-state index in [1.165, 1.54) is 0 Å². The van der Waals surface area contributed by atoms with E-state index in [9.17, 15) is 4.21 Å². The number of anilines is 1. The SMILES string of the molecule is C#S(=O)c1ccc(N)cc1. The Balaban J connectivity index is 3.16. The molecule has 0 aliphatic carbocycles. The minimum absolute atomic E-state index is 0.592. The molecule has 0 radical (unpaired) electrons. The summed E-state index contributed by atoms with van der Waals surface area (Å²) < 4.78 is 10.6. The van der Waals surface area contributed by atoms with Crippen molar-refractivity contribution in [3.63, 3.8) is 0 Å². The Morgan fingerprint density at radius 2 is 1.80 bits per heavy atom. The van der Waals surface area contributed by atoms with Crippen molar-refractivity contribution in [3.05, 3.63) is 24.3 Å². The van der Waals surface area contributed by atoms with Crippen molar-refractivity contribution in [1.82, 2.24) is 0 Å². The highest BCUT2D eigenvalue weighted by Gasteiger charge is 1.88. The Morgan fingerprint density at radius 1 is 1.30 bits per heavy atom. The van der Waals surface area contributed by atoms with Crippen LogP contribution in [0.1, 0.15) is 0 Å². The molecule has 0 bridgehead atoms. The zero-order chi connectivity index (χ0) is 7.56. The van der Waals surface area contributed by atoms with Crippen LogP contribution >= 0.6 is 0 Å². The molecule has 1 rings (SSSR count). The van der Waals surface area contributed by atoms with E-state index in [1.54, 1.807) is 24.3 Å². The summed E-state index contributed by atoms with van der Waals surface area (Å²) in [4.78, 5) is 0.592. The van der Waals surface area contributed by atoms with E-state index in [0.717, 1.165) is 0 Å². The number of nitrogen functional groups attached to an aromatic ring is 1. The molecule has 0 saturated carbocycles. The van der Waals surface area contributed by atoms with Crippen molar-refractivity contribution >= 4 is 15.9 Å². The molecule has 52 valence electrons. The normalized spacial score (nSPS) is 9.10. The van der Waals surface area contributed by atoms with E-state index in [0.29, 0.717) is 10.6 Å². The van der Waals surface area contributed by atoms with Gasteiger partial charge < -0.3 is 5.73 Å². The lowest BCUT2D eigenvalue weighted by Crippen LogP contribution is -1.83. The maximum absolute atomic E-state index is 10.6. The topological polar surface area (TPSA) is 43.1 Å². The van der Waals surface area contributed by atoms with Gasteiger partial charge in [-0.2, -0.15) is 0 Å². The quantitative estimate of drug-likeness (QED) is 0.564. The van der Waals surface area contributed by atoms with E-state index >= 15 is 0 Å². The van der Waals surface area contributed by atoms with Crippen molar-refractivity contribution in [2.75, 3.05) is 5.73 Å². The first-order valence-electron chi connectivity index (χ1n) is 2.72. The number of hydrogen-bond donors (Lipinski definition) is 1. The highest BCUT2D eigenvalue weighted by molar-refractivity contribution is 7.73. The molecular formula is C7H7NOS. The molecule has 0 amide bonds. The van der Waals surface area contributed by atoms with Crippen molar-refractivity contribution in [3.8, 4) is 5.69 Å². The van der Waals surface area contributed by atoms with Gasteiger partial charge in [-0.15, -0.1) is 0 Å². The van der Waals surface area contributed by atoms with Crippen LogP contribution in [-0.2, 0) is 10.2 Å². The molecule has 0 heterocycles. The molecule has 0 aliphatic heterocycles. The Bertz CT molecular complexity index is 335. The Morgan fingerprint density at radius 3 is 2.20 bits per heavy atom. The van der Waals surface area contributed by atoms with Gasteiger partial charge in [0.25, 0.3) is 0 Å². The summed E-state index contributed by atoms with van der Waals surface area (Å²) >= 11 is 0. The van der Waals surface area contributed by atoms with E-state index in [-0.39, 0.29) is 0 Å². The lowest BCUT2D eigenvalue weighted by Gasteiger charge is -1.90. The van der Waals surface area contributed by atoms with Gasteiger partial charge in [-0.25, -0.2) is 4.21 Å². The first-order chi connectivity index (χ1) is 4.70. The largest absolute Gasteiger partial charge is 0.399 e. The second-order valence-electron chi connectivity index (χ2n) is 1.87. The van der Waals surface area contributed by atoms with Gasteiger partial charge >= 0.3 is 0 Å². The molecule has 0 saturated heterocycles. The molecule has 0 aromatic heterocycles. The van der Waals surface area contributed by atoms with Crippen LogP contribution in [0, 0.1) is 5.69 Å². The van der Waals surface area contributed by atoms with Gasteiger partial charge in [-0.05, 0) is 24.3 Å². The van der Waals surface area contributed by atoms with Crippen LogP contribution in [0.25, 0.3) is 0 Å². The van der Waals surface area contributed by atoms with Crippen LogP contribution in [0.2, 0.25) is 0 Å². The Labute approximate surface area is 61.3 Å². The summed E-state index contributed by atoms with van der Waals surface area (Å²) in [5, 5.41) is 0. The zero-order valence-corrected chi connectivity index (χ0v) is 6.10. The van der Waals surface area contributed by atoms with Gasteiger partial charge in [0, 0.05) is 5.69 Å². The molecular weight excluding hydrogens is 146 g/mol. The molecule has 0 fully saturated rings. The monoisotopic (exact) mass is 153 g/mol. The zero-order valence-electron chi connectivity index (χ0n) is 5.28. The standard InChI is InChI=1S/C7H7NOS/c1-10(9)7-4-2-6(8)3-5-7/h1-5H,8H2. The van der Waals surface area contributed by atoms with Crippen LogP contribution in [0.4, 0.5) is 5.69 Å². The summed E-state index contributed by atoms with van der Waals surface area (Å²) in [6.07, 6.45) is 0. The first kappa shape index (κ1) is 6.93. The lowest BCUT2D eigenvalue weighted by atomic mass is 10.3. The lowest BCUT2D eigenvalue weighted by molar-refractivity contribution is 0.692. The summed E-state index contributed by atoms with van der Waals surface area (Å²) in [6, 6.07) is 6.62. The first-order valence-corrected chi connectivity index (χ1v) is 3.93. The van der Waals surface area contributed by atoms with Crippen LogP contribution in [0.15, 0.2) is 29.2 Å². The van der Waals surface area contributed by atoms with Crippen molar-refractivity contribution in [1.29, 1.82) is 0 Å². The number of rotatable bonds is 0. The second kappa shape index (κ2) is 2.60. The molecule has 10 heavy (non-hydrogen) atoms. The maximum atomic E-state index is 10.6. The van der Waals surface area contributed by atoms with Gasteiger partial charge in [-0.3, -0.25) is 0 Å². The van der Waals surface area contributed by atoms with Gasteiger partial charge in [-0.1, -0.05) is 5.69 Å². The highest BCUT2D eigenvalue weighted by Crippen LogP contribution is 2.04. The van der Waals surface area contributed by atoms with Gasteiger partial charge in [0.05, 0.1) is 15.1 Å². The Hall–Kier alpha value is -1.18. The number of hydrogen-bond acceptors (Lipinski definition) is 2. The molecule has 0 aliphatic rings. The second-order valence-corrected chi connectivity index (χ2v) is 2.93.